The first-order valence-corrected chi connectivity index (χ1v) is 7.90. The number of methoxy groups -OCH3 is 2. The molecule has 0 bridgehead atoms. The zero-order chi connectivity index (χ0) is 17.1. The van der Waals surface area contributed by atoms with E-state index in [2.05, 4.69) is 11.1 Å². The number of hydrogen-bond donors (Lipinski definition) is 1. The van der Waals surface area contributed by atoms with E-state index in [1.165, 1.54) is 25.6 Å². The van der Waals surface area contributed by atoms with Crippen molar-refractivity contribution in [3.8, 4) is 23.3 Å². The lowest BCUT2D eigenvalue weighted by atomic mass is 10.1. The molecule has 0 radical (unpaired) electrons. The van der Waals surface area contributed by atoms with Gasteiger partial charge >= 0.3 is 0 Å². The zero-order valence-electron chi connectivity index (χ0n) is 13.1. The Morgan fingerprint density at radius 3 is 2.46 bits per heavy atom. The number of benzene rings is 2. The third kappa shape index (κ3) is 2.90. The quantitative estimate of drug-likeness (QED) is 0.725. The molecule has 0 aliphatic carbocycles. The molecule has 1 N–H and O–H groups in total. The van der Waals surface area contributed by atoms with Crippen LogP contribution >= 0.6 is 11.3 Å². The first kappa shape index (κ1) is 15.8. The molecular weight excluding hydrogens is 324 g/mol. The van der Waals surface area contributed by atoms with Gasteiger partial charge in [0.2, 0.25) is 5.75 Å². The average Bonchev–Trinajstić information content (AvgIpc) is 3.04. The summed E-state index contributed by atoms with van der Waals surface area (Å²) in [5.74, 6) is 0.486. The first-order chi connectivity index (χ1) is 11.7. The molecule has 120 valence electrons. The minimum absolute atomic E-state index is 0.0735. The van der Waals surface area contributed by atoms with Gasteiger partial charge in [0.05, 0.1) is 30.0 Å². The Balaban J connectivity index is 2.09. The lowest BCUT2D eigenvalue weighted by Gasteiger charge is -2.09. The van der Waals surface area contributed by atoms with Gasteiger partial charge in [0.15, 0.2) is 11.5 Å². The number of nitrogens with zero attached hydrogens (tertiary/aromatic N) is 2. The van der Waals surface area contributed by atoms with Crippen LogP contribution in [-0.4, -0.2) is 24.3 Å². The number of nitriles is 1. The predicted molar refractivity (Wildman–Crippen MR) is 94.3 cm³/mol. The van der Waals surface area contributed by atoms with E-state index in [1.807, 2.05) is 24.3 Å². The second-order valence-electron chi connectivity index (χ2n) is 4.93. The molecule has 24 heavy (non-hydrogen) atoms. The van der Waals surface area contributed by atoms with Crippen molar-refractivity contribution in [3.63, 3.8) is 0 Å². The molecule has 0 unspecified atom stereocenters. The molecule has 1 heterocycles. The van der Waals surface area contributed by atoms with Crippen LogP contribution in [0.2, 0.25) is 0 Å². The number of fused-ring (bicyclic) bond motifs is 1. The molecule has 5 nitrogen and oxygen atoms in total. The monoisotopic (exact) mass is 338 g/mol. The number of ether oxygens (including phenoxy) is 2. The van der Waals surface area contributed by atoms with E-state index >= 15 is 0 Å². The molecule has 0 aliphatic heterocycles. The van der Waals surface area contributed by atoms with Crippen molar-refractivity contribution in [3.05, 3.63) is 47.0 Å². The van der Waals surface area contributed by atoms with E-state index in [9.17, 15) is 10.4 Å². The molecule has 2 aromatic carbocycles. The highest BCUT2D eigenvalue weighted by molar-refractivity contribution is 7.19. The topological polar surface area (TPSA) is 75.4 Å². The summed E-state index contributed by atoms with van der Waals surface area (Å²) in [6, 6.07) is 13.2. The van der Waals surface area contributed by atoms with Crippen molar-refractivity contribution in [2.24, 2.45) is 0 Å². The van der Waals surface area contributed by atoms with E-state index in [0.29, 0.717) is 16.1 Å². The van der Waals surface area contributed by atoms with Crippen molar-refractivity contribution in [2.45, 2.75) is 0 Å². The molecule has 6 heteroatoms. The van der Waals surface area contributed by atoms with Gasteiger partial charge in [-0.3, -0.25) is 0 Å². The maximum Gasteiger partial charge on any atom is 0.200 e. The van der Waals surface area contributed by atoms with E-state index in [-0.39, 0.29) is 17.2 Å². The van der Waals surface area contributed by atoms with Crippen LogP contribution in [-0.2, 0) is 0 Å². The zero-order valence-corrected chi connectivity index (χ0v) is 13.9. The van der Waals surface area contributed by atoms with Crippen LogP contribution in [0.15, 0.2) is 36.4 Å². The van der Waals surface area contributed by atoms with Crippen molar-refractivity contribution >= 4 is 33.2 Å². The largest absolute Gasteiger partial charge is 0.502 e. The van der Waals surface area contributed by atoms with Crippen LogP contribution in [0.3, 0.4) is 0 Å². The number of aromatic nitrogens is 1. The summed E-state index contributed by atoms with van der Waals surface area (Å²) in [6.07, 6.45) is 1.70. The number of hydrogen-bond acceptors (Lipinski definition) is 6. The molecular formula is C18H14N2O3S. The highest BCUT2D eigenvalue weighted by Crippen LogP contribution is 2.38. The Labute approximate surface area is 143 Å². The Hall–Kier alpha value is -3.04. The van der Waals surface area contributed by atoms with E-state index in [4.69, 9.17) is 9.47 Å². The normalized spacial score (nSPS) is 11.3. The fourth-order valence-electron chi connectivity index (χ4n) is 2.29. The SMILES string of the molecule is COc1cc(/C=C(\C#N)c2nc3ccccc3s2)cc(OC)c1O. The van der Waals surface area contributed by atoms with Gasteiger partial charge in [0.1, 0.15) is 11.1 Å². The molecule has 0 saturated heterocycles. The molecule has 1 aromatic heterocycles. The van der Waals surface area contributed by atoms with Crippen molar-refractivity contribution in [1.29, 1.82) is 5.26 Å². The number of aromatic hydroxyl groups is 1. The van der Waals surface area contributed by atoms with Gasteiger partial charge in [0.25, 0.3) is 0 Å². The Morgan fingerprint density at radius 2 is 1.88 bits per heavy atom. The van der Waals surface area contributed by atoms with Gasteiger partial charge in [-0.25, -0.2) is 4.98 Å². The fraction of sp³-hybridized carbons (Fsp3) is 0.111. The van der Waals surface area contributed by atoms with Gasteiger partial charge in [0, 0.05) is 0 Å². The predicted octanol–water partition coefficient (Wildman–Crippen LogP) is 4.08. The van der Waals surface area contributed by atoms with Gasteiger partial charge in [-0.1, -0.05) is 12.1 Å². The fourth-order valence-corrected chi connectivity index (χ4v) is 3.22. The Bertz CT molecular complexity index is 912. The van der Waals surface area contributed by atoms with Crippen LogP contribution in [0.5, 0.6) is 17.2 Å². The number of para-hydroxylation sites is 1. The number of rotatable bonds is 4. The van der Waals surface area contributed by atoms with Crippen LogP contribution in [0.25, 0.3) is 21.9 Å². The highest BCUT2D eigenvalue weighted by Gasteiger charge is 2.13. The van der Waals surface area contributed by atoms with Crippen molar-refractivity contribution in [2.75, 3.05) is 14.2 Å². The standard InChI is InChI=1S/C18H14N2O3S/c1-22-14-8-11(9-15(23-2)17(14)21)7-12(10-19)18-20-13-5-3-4-6-16(13)24-18/h3-9,21H,1-2H3/b12-7+. The maximum absolute atomic E-state index is 9.97. The molecule has 3 rings (SSSR count). The molecule has 0 amide bonds. The smallest absolute Gasteiger partial charge is 0.200 e. The van der Waals surface area contributed by atoms with Crippen molar-refractivity contribution < 1.29 is 14.6 Å². The third-order valence-electron chi connectivity index (χ3n) is 3.46. The number of phenols is 1. The summed E-state index contributed by atoms with van der Waals surface area (Å²) in [6.45, 7) is 0. The highest BCUT2D eigenvalue weighted by atomic mass is 32.1. The molecule has 0 fully saturated rings. The van der Waals surface area contributed by atoms with Gasteiger partial charge < -0.3 is 14.6 Å². The lowest BCUT2D eigenvalue weighted by Crippen LogP contribution is -1.90. The van der Waals surface area contributed by atoms with Gasteiger partial charge in [-0.2, -0.15) is 5.26 Å². The summed E-state index contributed by atoms with van der Waals surface area (Å²) in [7, 11) is 2.92. The lowest BCUT2D eigenvalue weighted by molar-refractivity contribution is 0.340. The first-order valence-electron chi connectivity index (χ1n) is 7.09. The van der Waals surface area contributed by atoms with Crippen LogP contribution in [0.1, 0.15) is 10.6 Å². The Morgan fingerprint density at radius 1 is 1.21 bits per heavy atom. The third-order valence-corrected chi connectivity index (χ3v) is 4.53. The number of phenolic OH excluding ortho intramolecular Hbond substituents is 1. The van der Waals surface area contributed by atoms with E-state index in [0.717, 1.165) is 10.2 Å². The summed E-state index contributed by atoms with van der Waals surface area (Å²) >= 11 is 1.46. The molecule has 3 aromatic rings. The maximum atomic E-state index is 9.97. The summed E-state index contributed by atoms with van der Waals surface area (Å²) in [5.41, 5.74) is 1.97. The number of allylic oxidation sites excluding steroid dienone is 1. The minimum Gasteiger partial charge on any atom is -0.502 e. The average molecular weight is 338 g/mol. The Kier molecular flexibility index (Phi) is 4.36. The number of thiazole rings is 1. The molecule has 0 aliphatic rings. The molecule has 0 atom stereocenters. The second kappa shape index (κ2) is 6.60. The van der Waals surface area contributed by atoms with Crippen LogP contribution < -0.4 is 9.47 Å². The van der Waals surface area contributed by atoms with Crippen molar-refractivity contribution in [1.82, 2.24) is 4.98 Å². The summed E-state index contributed by atoms with van der Waals surface area (Å²) < 4.78 is 11.3. The van der Waals surface area contributed by atoms with Gasteiger partial charge in [-0.15, -0.1) is 11.3 Å². The summed E-state index contributed by atoms with van der Waals surface area (Å²) in [4.78, 5) is 4.50. The molecule has 0 spiro atoms. The minimum atomic E-state index is -0.0735. The molecule has 0 saturated carbocycles. The van der Waals surface area contributed by atoms with E-state index in [1.54, 1.807) is 18.2 Å². The van der Waals surface area contributed by atoms with E-state index < -0.39 is 0 Å². The van der Waals surface area contributed by atoms with Gasteiger partial charge in [-0.05, 0) is 35.9 Å². The second-order valence-corrected chi connectivity index (χ2v) is 5.96. The van der Waals surface area contributed by atoms with Crippen LogP contribution in [0, 0.1) is 11.3 Å². The van der Waals surface area contributed by atoms with Crippen LogP contribution in [0.4, 0.5) is 0 Å². The summed E-state index contributed by atoms with van der Waals surface area (Å²) in [5, 5.41) is 20.1.